The van der Waals surface area contributed by atoms with Crippen LogP contribution in [0, 0.1) is 25.2 Å². The molecular weight excluding hydrogens is 224 g/mol. The lowest BCUT2D eigenvalue weighted by Gasteiger charge is -2.11. The van der Waals surface area contributed by atoms with Gasteiger partial charge in [-0.1, -0.05) is 12.1 Å². The lowest BCUT2D eigenvalue weighted by Crippen LogP contribution is -2.02. The second kappa shape index (κ2) is 4.84. The summed E-state index contributed by atoms with van der Waals surface area (Å²) >= 11 is 0. The SMILES string of the molecule is CNc1nc(C)nc(-c2cccc(C#N)c2)c1C. The Labute approximate surface area is 106 Å². The minimum atomic E-state index is 0.633. The molecule has 1 aromatic carbocycles. The molecule has 0 saturated heterocycles. The molecule has 1 N–H and O–H groups in total. The Morgan fingerprint density at radius 3 is 2.67 bits per heavy atom. The summed E-state index contributed by atoms with van der Waals surface area (Å²) in [5, 5.41) is 12.0. The maximum Gasteiger partial charge on any atom is 0.132 e. The van der Waals surface area contributed by atoms with Crippen LogP contribution in [-0.2, 0) is 0 Å². The highest BCUT2D eigenvalue weighted by molar-refractivity contribution is 5.69. The second-order valence-corrected chi connectivity index (χ2v) is 4.04. The summed E-state index contributed by atoms with van der Waals surface area (Å²) in [7, 11) is 1.84. The van der Waals surface area contributed by atoms with E-state index in [2.05, 4.69) is 21.4 Å². The van der Waals surface area contributed by atoms with Gasteiger partial charge in [-0.2, -0.15) is 5.26 Å². The Balaban J connectivity index is 2.63. The number of anilines is 1. The van der Waals surface area contributed by atoms with Gasteiger partial charge in [0.05, 0.1) is 17.3 Å². The van der Waals surface area contributed by atoms with E-state index >= 15 is 0 Å². The van der Waals surface area contributed by atoms with Gasteiger partial charge in [0.1, 0.15) is 11.6 Å². The van der Waals surface area contributed by atoms with E-state index in [4.69, 9.17) is 5.26 Å². The largest absolute Gasteiger partial charge is 0.373 e. The van der Waals surface area contributed by atoms with E-state index in [-0.39, 0.29) is 0 Å². The van der Waals surface area contributed by atoms with Crippen molar-refractivity contribution < 1.29 is 0 Å². The Hall–Kier alpha value is -2.41. The molecule has 0 aliphatic heterocycles. The predicted molar refractivity (Wildman–Crippen MR) is 71.2 cm³/mol. The molecule has 1 aromatic heterocycles. The molecule has 0 unspecified atom stereocenters. The van der Waals surface area contributed by atoms with E-state index in [0.717, 1.165) is 22.6 Å². The summed E-state index contributed by atoms with van der Waals surface area (Å²) in [6.07, 6.45) is 0. The Morgan fingerprint density at radius 2 is 2.00 bits per heavy atom. The van der Waals surface area contributed by atoms with Crippen LogP contribution in [0.4, 0.5) is 5.82 Å². The average molecular weight is 238 g/mol. The van der Waals surface area contributed by atoms with Crippen LogP contribution in [0.15, 0.2) is 24.3 Å². The van der Waals surface area contributed by atoms with E-state index in [1.807, 2.05) is 39.1 Å². The lowest BCUT2D eigenvalue weighted by molar-refractivity contribution is 1.04. The molecule has 0 saturated carbocycles. The van der Waals surface area contributed by atoms with E-state index in [1.165, 1.54) is 0 Å². The maximum atomic E-state index is 8.94. The topological polar surface area (TPSA) is 61.6 Å². The zero-order chi connectivity index (χ0) is 13.1. The third kappa shape index (κ3) is 2.16. The minimum absolute atomic E-state index is 0.633. The van der Waals surface area contributed by atoms with Gasteiger partial charge in [0.15, 0.2) is 0 Å². The highest BCUT2D eigenvalue weighted by Gasteiger charge is 2.10. The van der Waals surface area contributed by atoms with Crippen LogP contribution in [0.1, 0.15) is 17.0 Å². The fraction of sp³-hybridized carbons (Fsp3) is 0.214. The zero-order valence-electron chi connectivity index (χ0n) is 10.7. The Morgan fingerprint density at radius 1 is 1.22 bits per heavy atom. The smallest absolute Gasteiger partial charge is 0.132 e. The molecular formula is C14H14N4. The molecule has 2 aromatic rings. The first kappa shape index (κ1) is 12.1. The fourth-order valence-corrected chi connectivity index (χ4v) is 1.89. The van der Waals surface area contributed by atoms with Crippen LogP contribution in [0.3, 0.4) is 0 Å². The lowest BCUT2D eigenvalue weighted by atomic mass is 10.0. The highest BCUT2D eigenvalue weighted by Crippen LogP contribution is 2.25. The number of hydrogen-bond donors (Lipinski definition) is 1. The number of rotatable bonds is 2. The number of nitrogens with one attached hydrogen (secondary N) is 1. The van der Waals surface area contributed by atoms with E-state index in [9.17, 15) is 0 Å². The van der Waals surface area contributed by atoms with Crippen molar-refractivity contribution in [2.75, 3.05) is 12.4 Å². The van der Waals surface area contributed by atoms with Gasteiger partial charge in [0, 0.05) is 18.2 Å². The van der Waals surface area contributed by atoms with Gasteiger partial charge in [-0.15, -0.1) is 0 Å². The second-order valence-electron chi connectivity index (χ2n) is 4.04. The number of aromatic nitrogens is 2. The normalized spacial score (nSPS) is 9.89. The summed E-state index contributed by atoms with van der Waals surface area (Å²) in [6.45, 7) is 3.83. The highest BCUT2D eigenvalue weighted by atomic mass is 15.0. The summed E-state index contributed by atoms with van der Waals surface area (Å²) < 4.78 is 0. The van der Waals surface area contributed by atoms with Crippen molar-refractivity contribution in [3.05, 3.63) is 41.2 Å². The van der Waals surface area contributed by atoms with E-state index < -0.39 is 0 Å². The van der Waals surface area contributed by atoms with Gasteiger partial charge < -0.3 is 5.32 Å². The van der Waals surface area contributed by atoms with Crippen LogP contribution in [0.25, 0.3) is 11.3 Å². The Kier molecular flexibility index (Phi) is 3.24. The molecule has 0 aliphatic rings. The van der Waals surface area contributed by atoms with Crippen molar-refractivity contribution in [1.29, 1.82) is 5.26 Å². The van der Waals surface area contributed by atoms with Gasteiger partial charge in [-0.05, 0) is 26.0 Å². The minimum Gasteiger partial charge on any atom is -0.373 e. The molecule has 18 heavy (non-hydrogen) atoms. The first-order valence-corrected chi connectivity index (χ1v) is 5.69. The van der Waals surface area contributed by atoms with Crippen molar-refractivity contribution in [2.45, 2.75) is 13.8 Å². The quantitative estimate of drug-likeness (QED) is 0.873. The molecule has 0 radical (unpaired) electrons. The van der Waals surface area contributed by atoms with Crippen LogP contribution >= 0.6 is 0 Å². The number of nitrogens with zero attached hydrogens (tertiary/aromatic N) is 3. The predicted octanol–water partition coefficient (Wildman–Crippen LogP) is 2.67. The molecule has 0 amide bonds. The molecule has 4 nitrogen and oxygen atoms in total. The standard InChI is InChI=1S/C14H14N4/c1-9-13(17-10(2)18-14(9)16-3)12-6-4-5-11(7-12)8-15/h4-7H,1-3H3,(H,16,17,18). The maximum absolute atomic E-state index is 8.94. The van der Waals surface area contributed by atoms with Crippen molar-refractivity contribution in [2.24, 2.45) is 0 Å². The first-order valence-electron chi connectivity index (χ1n) is 5.69. The molecule has 0 bridgehead atoms. The van der Waals surface area contributed by atoms with Gasteiger partial charge in [0.25, 0.3) is 0 Å². The van der Waals surface area contributed by atoms with Crippen LogP contribution in [-0.4, -0.2) is 17.0 Å². The number of benzene rings is 1. The van der Waals surface area contributed by atoms with Gasteiger partial charge in [0.2, 0.25) is 0 Å². The molecule has 0 fully saturated rings. The van der Waals surface area contributed by atoms with Crippen molar-refractivity contribution in [3.8, 4) is 17.3 Å². The van der Waals surface area contributed by atoms with Crippen molar-refractivity contribution in [1.82, 2.24) is 9.97 Å². The summed E-state index contributed by atoms with van der Waals surface area (Å²) in [5.74, 6) is 1.53. The van der Waals surface area contributed by atoms with Crippen molar-refractivity contribution in [3.63, 3.8) is 0 Å². The summed E-state index contributed by atoms with van der Waals surface area (Å²) in [4.78, 5) is 8.80. The van der Waals surface area contributed by atoms with Crippen LogP contribution in [0.2, 0.25) is 0 Å². The molecule has 0 atom stereocenters. The zero-order valence-corrected chi connectivity index (χ0v) is 10.7. The van der Waals surface area contributed by atoms with Gasteiger partial charge in [-0.3, -0.25) is 0 Å². The Bertz CT molecular complexity index is 626. The number of nitriles is 1. The molecule has 2 rings (SSSR count). The first-order chi connectivity index (χ1) is 8.65. The fourth-order valence-electron chi connectivity index (χ4n) is 1.89. The van der Waals surface area contributed by atoms with E-state index in [0.29, 0.717) is 11.4 Å². The van der Waals surface area contributed by atoms with E-state index in [1.54, 1.807) is 6.07 Å². The molecule has 90 valence electrons. The average Bonchev–Trinajstić information content (AvgIpc) is 2.41. The van der Waals surface area contributed by atoms with Crippen LogP contribution in [0.5, 0.6) is 0 Å². The number of hydrogen-bond acceptors (Lipinski definition) is 4. The summed E-state index contributed by atoms with van der Waals surface area (Å²) in [6, 6.07) is 9.58. The molecule has 1 heterocycles. The van der Waals surface area contributed by atoms with Crippen molar-refractivity contribution >= 4 is 5.82 Å². The summed E-state index contributed by atoms with van der Waals surface area (Å²) in [5.41, 5.74) is 3.42. The van der Waals surface area contributed by atoms with Gasteiger partial charge in [-0.25, -0.2) is 9.97 Å². The third-order valence-electron chi connectivity index (χ3n) is 2.76. The monoisotopic (exact) mass is 238 g/mol. The molecule has 0 aliphatic carbocycles. The van der Waals surface area contributed by atoms with Crippen LogP contribution < -0.4 is 5.32 Å². The third-order valence-corrected chi connectivity index (χ3v) is 2.76. The molecule has 4 heteroatoms. The molecule has 0 spiro atoms. The number of aryl methyl sites for hydroxylation is 1. The van der Waals surface area contributed by atoms with Gasteiger partial charge >= 0.3 is 0 Å².